The van der Waals surface area contributed by atoms with Crippen molar-refractivity contribution in [2.24, 2.45) is 5.92 Å². The Morgan fingerprint density at radius 2 is 2.00 bits per heavy atom. The largest absolute Gasteiger partial charge is 0.347 e. The van der Waals surface area contributed by atoms with Crippen molar-refractivity contribution < 1.29 is 4.79 Å². The number of hydrogen-bond acceptors (Lipinski definition) is 4. The zero-order valence-corrected chi connectivity index (χ0v) is 16.6. The van der Waals surface area contributed by atoms with Crippen LogP contribution in [-0.2, 0) is 0 Å². The number of halogens is 2. The Morgan fingerprint density at radius 3 is 2.72 bits per heavy atom. The number of fused-ring (bicyclic) bond motifs is 3. The summed E-state index contributed by atoms with van der Waals surface area (Å²) in [5.74, 6) is 0.667. The molecule has 1 aromatic carbocycles. The molecule has 3 aliphatic rings. The molecular formula is C18H18Cl2N2OS2. The van der Waals surface area contributed by atoms with E-state index >= 15 is 0 Å². The zero-order valence-electron chi connectivity index (χ0n) is 13.5. The lowest BCUT2D eigenvalue weighted by atomic mass is 9.84. The van der Waals surface area contributed by atoms with Gasteiger partial charge in [-0.15, -0.1) is 11.3 Å². The first-order chi connectivity index (χ1) is 12.1. The van der Waals surface area contributed by atoms with Crippen molar-refractivity contribution in [2.75, 3.05) is 19.6 Å². The van der Waals surface area contributed by atoms with Gasteiger partial charge in [0.15, 0.2) is 0 Å². The molecule has 0 radical (unpaired) electrons. The van der Waals surface area contributed by atoms with E-state index in [4.69, 9.17) is 23.2 Å². The molecule has 132 valence electrons. The maximum atomic E-state index is 12.6. The average molecular weight is 413 g/mol. The summed E-state index contributed by atoms with van der Waals surface area (Å²) in [5.41, 5.74) is 0. The quantitative estimate of drug-likeness (QED) is 0.763. The molecule has 2 bridgehead atoms. The summed E-state index contributed by atoms with van der Waals surface area (Å²) in [4.78, 5) is 16.7. The number of piperidine rings is 3. The van der Waals surface area contributed by atoms with Crippen LogP contribution < -0.4 is 5.32 Å². The number of thiophene rings is 1. The fourth-order valence-electron chi connectivity index (χ4n) is 3.54. The third-order valence-electron chi connectivity index (χ3n) is 4.90. The summed E-state index contributed by atoms with van der Waals surface area (Å²) in [6.07, 6.45) is 2.40. The van der Waals surface area contributed by atoms with Gasteiger partial charge >= 0.3 is 0 Å². The van der Waals surface area contributed by atoms with Crippen molar-refractivity contribution in [3.05, 3.63) is 45.3 Å². The third-order valence-corrected chi connectivity index (χ3v) is 8.11. The van der Waals surface area contributed by atoms with Crippen LogP contribution in [-0.4, -0.2) is 36.5 Å². The van der Waals surface area contributed by atoms with Gasteiger partial charge in [0.05, 0.1) is 19.1 Å². The highest BCUT2D eigenvalue weighted by Crippen LogP contribution is 2.39. The van der Waals surface area contributed by atoms with Crippen molar-refractivity contribution in [1.82, 2.24) is 10.2 Å². The molecule has 2 aromatic rings. The minimum Gasteiger partial charge on any atom is -0.347 e. The number of carbonyl (C=O) groups excluding carboxylic acids is 1. The van der Waals surface area contributed by atoms with Gasteiger partial charge in [-0.2, -0.15) is 0 Å². The van der Waals surface area contributed by atoms with E-state index < -0.39 is 0 Å². The molecule has 3 aliphatic heterocycles. The molecule has 7 heteroatoms. The number of hydrogen-bond donors (Lipinski definition) is 1. The van der Waals surface area contributed by atoms with Crippen LogP contribution in [0, 0.1) is 5.92 Å². The predicted octanol–water partition coefficient (Wildman–Crippen LogP) is 5.03. The van der Waals surface area contributed by atoms with Gasteiger partial charge in [-0.25, -0.2) is 0 Å². The van der Waals surface area contributed by atoms with Crippen LogP contribution in [0.3, 0.4) is 0 Å². The molecule has 25 heavy (non-hydrogen) atoms. The van der Waals surface area contributed by atoms with Crippen LogP contribution in [0.2, 0.25) is 10.0 Å². The molecule has 4 heterocycles. The van der Waals surface area contributed by atoms with Crippen molar-refractivity contribution in [3.63, 3.8) is 0 Å². The Bertz CT molecular complexity index is 787. The molecule has 3 saturated heterocycles. The molecule has 1 aromatic heterocycles. The molecule has 3 nitrogen and oxygen atoms in total. The summed E-state index contributed by atoms with van der Waals surface area (Å²) >= 11 is 15.3. The molecule has 1 N–H and O–H groups in total. The monoisotopic (exact) mass is 412 g/mol. The fourth-order valence-corrected chi connectivity index (χ4v) is 6.05. The second-order valence-corrected chi connectivity index (χ2v) is 9.70. The SMILES string of the molecule is O=C(N[C@H]1CN2CCC1CC2)c1ccc(Sc2cccc(Cl)c2Cl)s1. The first kappa shape index (κ1) is 17.7. The van der Waals surface area contributed by atoms with E-state index in [0.717, 1.165) is 20.5 Å². The van der Waals surface area contributed by atoms with Crippen LogP contribution in [0.4, 0.5) is 0 Å². The third kappa shape index (κ3) is 3.86. The summed E-state index contributed by atoms with van der Waals surface area (Å²) in [5, 5.41) is 4.34. The summed E-state index contributed by atoms with van der Waals surface area (Å²) in [7, 11) is 0. The maximum Gasteiger partial charge on any atom is 0.261 e. The number of amides is 1. The first-order valence-corrected chi connectivity index (χ1v) is 10.7. The van der Waals surface area contributed by atoms with Crippen LogP contribution in [0.1, 0.15) is 22.5 Å². The van der Waals surface area contributed by atoms with E-state index in [2.05, 4.69) is 10.2 Å². The van der Waals surface area contributed by atoms with E-state index in [-0.39, 0.29) is 11.9 Å². The Labute approximate surface area is 165 Å². The second-order valence-electron chi connectivity index (χ2n) is 6.49. The van der Waals surface area contributed by atoms with Gasteiger partial charge in [0.25, 0.3) is 5.91 Å². The van der Waals surface area contributed by atoms with Crippen molar-refractivity contribution >= 4 is 52.2 Å². The van der Waals surface area contributed by atoms with Crippen molar-refractivity contribution in [1.29, 1.82) is 0 Å². The molecular weight excluding hydrogens is 395 g/mol. The fraction of sp³-hybridized carbons (Fsp3) is 0.389. The molecule has 0 unspecified atom stereocenters. The summed E-state index contributed by atoms with van der Waals surface area (Å²) in [6.45, 7) is 3.34. The first-order valence-electron chi connectivity index (χ1n) is 8.35. The normalized spacial score (nSPS) is 25.1. The summed E-state index contributed by atoms with van der Waals surface area (Å²) < 4.78 is 1.03. The van der Waals surface area contributed by atoms with E-state index in [1.165, 1.54) is 49.0 Å². The smallest absolute Gasteiger partial charge is 0.261 e. The molecule has 3 fully saturated rings. The Balaban J connectivity index is 1.42. The van der Waals surface area contributed by atoms with Crippen molar-refractivity contribution in [2.45, 2.75) is 28.0 Å². The Morgan fingerprint density at radius 1 is 1.20 bits per heavy atom. The van der Waals surface area contributed by atoms with Crippen LogP contribution in [0.25, 0.3) is 0 Å². The molecule has 0 spiro atoms. The topological polar surface area (TPSA) is 32.3 Å². The van der Waals surface area contributed by atoms with Crippen LogP contribution in [0.15, 0.2) is 39.4 Å². The lowest BCUT2D eigenvalue weighted by molar-refractivity contribution is 0.0622. The van der Waals surface area contributed by atoms with Gasteiger partial charge in [0, 0.05) is 17.5 Å². The van der Waals surface area contributed by atoms with E-state index in [0.29, 0.717) is 16.0 Å². The lowest BCUT2D eigenvalue weighted by Gasteiger charge is -2.44. The van der Waals surface area contributed by atoms with E-state index in [1.54, 1.807) is 6.07 Å². The molecule has 0 saturated carbocycles. The molecule has 1 atom stereocenters. The average Bonchev–Trinajstić information content (AvgIpc) is 3.09. The van der Waals surface area contributed by atoms with Crippen LogP contribution >= 0.6 is 46.3 Å². The van der Waals surface area contributed by atoms with Crippen molar-refractivity contribution in [3.8, 4) is 0 Å². The second kappa shape index (κ2) is 7.49. The minimum absolute atomic E-state index is 0.0350. The van der Waals surface area contributed by atoms with Gasteiger partial charge in [-0.05, 0) is 56.1 Å². The number of carbonyl (C=O) groups is 1. The van der Waals surface area contributed by atoms with Gasteiger partial charge in [0.2, 0.25) is 0 Å². The maximum absolute atomic E-state index is 12.6. The van der Waals surface area contributed by atoms with Gasteiger partial charge in [-0.1, -0.05) is 41.0 Å². The van der Waals surface area contributed by atoms with Crippen LogP contribution in [0.5, 0.6) is 0 Å². The number of nitrogens with zero attached hydrogens (tertiary/aromatic N) is 1. The standard InChI is InChI=1S/C18H18Cl2N2OS2/c19-12-2-1-3-14(17(12)20)24-16-5-4-15(25-16)18(23)21-13-10-22-8-6-11(13)7-9-22/h1-5,11,13H,6-10H2,(H,21,23)/t13-/m0/s1. The van der Waals surface area contributed by atoms with Gasteiger partial charge in [0.1, 0.15) is 0 Å². The molecule has 5 rings (SSSR count). The Kier molecular flexibility index (Phi) is 5.30. The minimum atomic E-state index is 0.0350. The zero-order chi connectivity index (χ0) is 17.4. The highest BCUT2D eigenvalue weighted by atomic mass is 35.5. The highest BCUT2D eigenvalue weighted by molar-refractivity contribution is 8.01. The lowest BCUT2D eigenvalue weighted by Crippen LogP contribution is -2.57. The Hall–Kier alpha value is -0.720. The predicted molar refractivity (Wildman–Crippen MR) is 105 cm³/mol. The summed E-state index contributed by atoms with van der Waals surface area (Å²) in [6, 6.07) is 9.74. The van der Waals surface area contributed by atoms with E-state index in [9.17, 15) is 4.79 Å². The number of rotatable bonds is 4. The molecule has 0 aliphatic carbocycles. The number of benzene rings is 1. The molecule has 1 amide bonds. The number of nitrogens with one attached hydrogen (secondary N) is 1. The highest BCUT2D eigenvalue weighted by Gasteiger charge is 2.35. The van der Waals surface area contributed by atoms with E-state index in [1.807, 2.05) is 24.3 Å². The van der Waals surface area contributed by atoms with Gasteiger partial charge < -0.3 is 10.2 Å². The van der Waals surface area contributed by atoms with Gasteiger partial charge in [-0.3, -0.25) is 4.79 Å².